The molecule has 22 heavy (non-hydrogen) atoms. The van der Waals surface area contributed by atoms with Gasteiger partial charge in [-0.15, -0.1) is 12.4 Å². The molecule has 4 nitrogen and oxygen atoms in total. The zero-order valence-corrected chi connectivity index (χ0v) is 15.2. The van der Waals surface area contributed by atoms with E-state index in [1.807, 2.05) is 27.7 Å². The van der Waals surface area contributed by atoms with Gasteiger partial charge >= 0.3 is 0 Å². The van der Waals surface area contributed by atoms with Crippen LogP contribution in [0, 0.1) is 0 Å². The summed E-state index contributed by atoms with van der Waals surface area (Å²) in [5, 5.41) is 3.38. The highest BCUT2D eigenvalue weighted by atomic mass is 35.5. The van der Waals surface area contributed by atoms with Crippen molar-refractivity contribution >= 4 is 29.9 Å². The molecule has 0 saturated heterocycles. The Morgan fingerprint density at radius 3 is 2.45 bits per heavy atom. The van der Waals surface area contributed by atoms with Gasteiger partial charge in [0.2, 0.25) is 0 Å². The fraction of sp³-hybridized carbons (Fsp3) is 0.562. The van der Waals surface area contributed by atoms with E-state index in [0.29, 0.717) is 22.9 Å². The summed E-state index contributed by atoms with van der Waals surface area (Å²) in [5.41, 5.74) is 6.25. The molecule has 0 heterocycles. The Morgan fingerprint density at radius 2 is 1.95 bits per heavy atom. The lowest BCUT2D eigenvalue weighted by atomic mass is 9.94. The fourth-order valence-corrected chi connectivity index (χ4v) is 2.06. The number of hydrogen-bond donors (Lipinski definition) is 2. The molecule has 0 unspecified atom stereocenters. The maximum Gasteiger partial charge on any atom is 0.255 e. The lowest BCUT2D eigenvalue weighted by Gasteiger charge is -2.27. The van der Waals surface area contributed by atoms with Crippen LogP contribution in [-0.4, -0.2) is 24.1 Å². The van der Waals surface area contributed by atoms with Crippen molar-refractivity contribution in [1.82, 2.24) is 5.32 Å². The highest BCUT2D eigenvalue weighted by molar-refractivity contribution is 6.31. The van der Waals surface area contributed by atoms with E-state index in [1.54, 1.807) is 18.2 Å². The van der Waals surface area contributed by atoms with Crippen LogP contribution in [0.1, 0.15) is 50.9 Å². The van der Waals surface area contributed by atoms with E-state index in [4.69, 9.17) is 22.1 Å². The summed E-state index contributed by atoms with van der Waals surface area (Å²) in [6, 6.07) is 5.04. The molecule has 0 aliphatic carbocycles. The third-order valence-electron chi connectivity index (χ3n) is 3.56. The summed E-state index contributed by atoms with van der Waals surface area (Å²) < 4.78 is 5.66. The molecule has 1 amide bonds. The van der Waals surface area contributed by atoms with E-state index >= 15 is 0 Å². The first-order chi connectivity index (χ1) is 9.81. The zero-order valence-electron chi connectivity index (χ0n) is 13.6. The minimum Gasteiger partial charge on any atom is -0.490 e. The second-order valence-corrected chi connectivity index (χ2v) is 6.00. The molecule has 6 heteroatoms. The molecule has 0 aromatic heterocycles. The van der Waals surface area contributed by atoms with Crippen LogP contribution in [0.15, 0.2) is 18.2 Å². The standard InChI is InChI=1S/C16H25ClN2O2.ClH/c1-5-16(18,6-2)10-19-15(20)13-9-12(17)7-8-14(13)21-11(3)4;/h7-9,11H,5-6,10,18H2,1-4H3,(H,19,20);1H. The molecule has 0 saturated carbocycles. The average molecular weight is 349 g/mol. The van der Waals surface area contributed by atoms with Gasteiger partial charge in [-0.25, -0.2) is 0 Å². The Balaban J connectivity index is 0.00000441. The normalized spacial score (nSPS) is 11.0. The minimum atomic E-state index is -0.382. The number of nitrogens with two attached hydrogens (primary N) is 1. The molecule has 0 spiro atoms. The van der Waals surface area contributed by atoms with Crippen LogP contribution >= 0.6 is 24.0 Å². The van der Waals surface area contributed by atoms with Gasteiger partial charge < -0.3 is 15.8 Å². The third-order valence-corrected chi connectivity index (χ3v) is 3.79. The fourth-order valence-electron chi connectivity index (χ4n) is 1.89. The largest absolute Gasteiger partial charge is 0.490 e. The molecule has 1 aromatic rings. The monoisotopic (exact) mass is 348 g/mol. The Kier molecular flexibility index (Phi) is 8.83. The van der Waals surface area contributed by atoms with Gasteiger partial charge in [-0.3, -0.25) is 4.79 Å². The highest BCUT2D eigenvalue weighted by Crippen LogP contribution is 2.24. The van der Waals surface area contributed by atoms with Gasteiger partial charge in [-0.1, -0.05) is 25.4 Å². The van der Waals surface area contributed by atoms with Crippen LogP contribution in [-0.2, 0) is 0 Å². The number of nitrogens with one attached hydrogen (secondary N) is 1. The number of carbonyl (C=O) groups is 1. The molecule has 0 bridgehead atoms. The van der Waals surface area contributed by atoms with Crippen molar-refractivity contribution in [3.05, 3.63) is 28.8 Å². The van der Waals surface area contributed by atoms with Crippen LogP contribution in [0.5, 0.6) is 5.75 Å². The number of rotatable bonds is 7. The van der Waals surface area contributed by atoms with Crippen LogP contribution in [0.25, 0.3) is 0 Å². The predicted octanol–water partition coefficient (Wildman–Crippen LogP) is 3.80. The minimum absolute atomic E-state index is 0. The summed E-state index contributed by atoms with van der Waals surface area (Å²) >= 11 is 5.98. The molecular formula is C16H26Cl2N2O2. The topological polar surface area (TPSA) is 64.3 Å². The Labute approximate surface area is 144 Å². The van der Waals surface area contributed by atoms with E-state index in [0.717, 1.165) is 12.8 Å². The molecule has 0 atom stereocenters. The summed E-state index contributed by atoms with van der Waals surface area (Å²) in [4.78, 5) is 12.4. The maximum absolute atomic E-state index is 12.4. The van der Waals surface area contributed by atoms with Crippen LogP contribution < -0.4 is 15.8 Å². The Morgan fingerprint density at radius 1 is 1.36 bits per heavy atom. The van der Waals surface area contributed by atoms with Gasteiger partial charge in [0.25, 0.3) is 5.91 Å². The number of hydrogen-bond acceptors (Lipinski definition) is 3. The van der Waals surface area contributed by atoms with Gasteiger partial charge in [-0.05, 0) is 44.9 Å². The summed E-state index contributed by atoms with van der Waals surface area (Å²) in [5.74, 6) is 0.312. The molecule has 0 radical (unpaired) electrons. The second-order valence-electron chi connectivity index (χ2n) is 5.56. The molecular weight excluding hydrogens is 323 g/mol. The number of halogens is 2. The molecule has 3 N–H and O–H groups in total. The second kappa shape index (κ2) is 9.23. The summed E-state index contributed by atoms with van der Waals surface area (Å²) in [6.07, 6.45) is 1.58. The zero-order chi connectivity index (χ0) is 16.0. The van der Waals surface area contributed by atoms with Crippen LogP contribution in [0.4, 0.5) is 0 Å². The van der Waals surface area contributed by atoms with E-state index in [2.05, 4.69) is 5.32 Å². The Bertz CT molecular complexity index is 489. The van der Waals surface area contributed by atoms with Crippen molar-refractivity contribution < 1.29 is 9.53 Å². The van der Waals surface area contributed by atoms with Crippen molar-refractivity contribution in [2.45, 2.75) is 52.2 Å². The van der Waals surface area contributed by atoms with Gasteiger partial charge in [0.1, 0.15) is 5.75 Å². The molecule has 0 fully saturated rings. The Hall–Kier alpha value is -0.970. The van der Waals surface area contributed by atoms with E-state index < -0.39 is 0 Å². The predicted molar refractivity (Wildman–Crippen MR) is 94.3 cm³/mol. The molecule has 1 aromatic carbocycles. The van der Waals surface area contributed by atoms with Crippen LogP contribution in [0.2, 0.25) is 5.02 Å². The maximum atomic E-state index is 12.4. The van der Waals surface area contributed by atoms with Gasteiger partial charge in [0, 0.05) is 17.1 Å². The molecule has 0 aliphatic rings. The van der Waals surface area contributed by atoms with Crippen molar-refractivity contribution in [3.63, 3.8) is 0 Å². The van der Waals surface area contributed by atoms with Gasteiger partial charge in [0.15, 0.2) is 0 Å². The van der Waals surface area contributed by atoms with Gasteiger partial charge in [0.05, 0.1) is 11.7 Å². The van der Waals surface area contributed by atoms with Crippen molar-refractivity contribution in [2.75, 3.05) is 6.54 Å². The quantitative estimate of drug-likeness (QED) is 0.787. The summed E-state index contributed by atoms with van der Waals surface area (Å²) in [7, 11) is 0. The first-order valence-corrected chi connectivity index (χ1v) is 7.72. The molecule has 1 rings (SSSR count). The lowest BCUT2D eigenvalue weighted by Crippen LogP contribution is -2.49. The molecule has 0 aliphatic heterocycles. The number of amides is 1. The lowest BCUT2D eigenvalue weighted by molar-refractivity contribution is 0.0936. The summed E-state index contributed by atoms with van der Waals surface area (Å²) in [6.45, 7) is 8.28. The van der Waals surface area contributed by atoms with E-state index in [1.165, 1.54) is 0 Å². The molecule has 126 valence electrons. The number of benzene rings is 1. The van der Waals surface area contributed by atoms with Crippen molar-refractivity contribution in [3.8, 4) is 5.75 Å². The first-order valence-electron chi connectivity index (χ1n) is 7.34. The average Bonchev–Trinajstić information content (AvgIpc) is 2.45. The number of carbonyl (C=O) groups excluding carboxylic acids is 1. The van der Waals surface area contributed by atoms with E-state index in [9.17, 15) is 4.79 Å². The van der Waals surface area contributed by atoms with Gasteiger partial charge in [-0.2, -0.15) is 0 Å². The van der Waals surface area contributed by atoms with E-state index in [-0.39, 0.29) is 30.0 Å². The first kappa shape index (κ1) is 21.0. The third kappa shape index (κ3) is 6.03. The number of ether oxygens (including phenoxy) is 1. The van der Waals surface area contributed by atoms with Crippen molar-refractivity contribution in [2.24, 2.45) is 5.73 Å². The van der Waals surface area contributed by atoms with Crippen LogP contribution in [0.3, 0.4) is 0 Å². The SMILES string of the molecule is CCC(N)(CC)CNC(=O)c1cc(Cl)ccc1OC(C)C.Cl. The smallest absolute Gasteiger partial charge is 0.255 e. The van der Waals surface area contributed by atoms with Crippen molar-refractivity contribution in [1.29, 1.82) is 0 Å². The highest BCUT2D eigenvalue weighted by Gasteiger charge is 2.22.